The summed E-state index contributed by atoms with van der Waals surface area (Å²) in [5.41, 5.74) is 1.85. The smallest absolute Gasteiger partial charge is 0.355 e. The molecule has 0 spiro atoms. The van der Waals surface area contributed by atoms with Gasteiger partial charge in [-0.05, 0) is 38.5 Å². The third-order valence-corrected chi connectivity index (χ3v) is 4.26. The molecule has 152 valence electrons. The van der Waals surface area contributed by atoms with Crippen LogP contribution in [0.25, 0.3) is 0 Å². The first-order valence-corrected chi connectivity index (χ1v) is 9.16. The molecule has 2 rings (SSSR count). The Balaban J connectivity index is 2.12. The van der Waals surface area contributed by atoms with Crippen LogP contribution in [0.2, 0.25) is 0 Å². The molecule has 8 nitrogen and oxygen atoms in total. The quantitative estimate of drug-likeness (QED) is 0.686. The number of hydrogen-bond donors (Lipinski definition) is 1. The van der Waals surface area contributed by atoms with E-state index in [0.29, 0.717) is 16.9 Å². The second-order valence-corrected chi connectivity index (χ2v) is 6.21. The number of rotatable bonds is 8. The van der Waals surface area contributed by atoms with E-state index in [1.54, 1.807) is 45.0 Å². The first-order valence-electron chi connectivity index (χ1n) is 9.16. The van der Waals surface area contributed by atoms with Crippen LogP contribution in [0, 0.1) is 25.2 Å². The molecule has 0 saturated heterocycles. The van der Waals surface area contributed by atoms with E-state index in [1.807, 2.05) is 12.1 Å². The molecule has 0 aliphatic carbocycles. The van der Waals surface area contributed by atoms with Crippen molar-refractivity contribution in [3.05, 3.63) is 52.8 Å². The molecule has 0 radical (unpaired) electrons. The maximum absolute atomic E-state index is 12.6. The molecule has 1 amide bonds. The van der Waals surface area contributed by atoms with Gasteiger partial charge in [0.05, 0.1) is 24.7 Å². The van der Waals surface area contributed by atoms with Crippen molar-refractivity contribution in [3.8, 4) is 6.07 Å². The monoisotopic (exact) mass is 397 g/mol. The minimum Gasteiger partial charge on any atom is -0.461 e. The fraction of sp³-hybridized carbons (Fsp3) is 0.333. The number of hydrogen-bond acceptors (Lipinski definition) is 6. The van der Waals surface area contributed by atoms with Gasteiger partial charge in [-0.2, -0.15) is 5.26 Å². The van der Waals surface area contributed by atoms with Crippen molar-refractivity contribution < 1.29 is 23.9 Å². The van der Waals surface area contributed by atoms with Crippen LogP contribution in [-0.4, -0.2) is 42.6 Å². The van der Waals surface area contributed by atoms with Gasteiger partial charge < -0.3 is 19.4 Å². The zero-order valence-electron chi connectivity index (χ0n) is 16.7. The predicted molar refractivity (Wildman–Crippen MR) is 106 cm³/mol. The molecule has 0 unspecified atom stereocenters. The topological polar surface area (TPSA) is 112 Å². The number of benzene rings is 1. The highest BCUT2D eigenvalue weighted by atomic mass is 16.5. The van der Waals surface area contributed by atoms with Gasteiger partial charge in [0.25, 0.3) is 5.91 Å². The summed E-state index contributed by atoms with van der Waals surface area (Å²) in [6.45, 7) is 4.84. The highest BCUT2D eigenvalue weighted by Gasteiger charge is 2.25. The highest BCUT2D eigenvalue weighted by molar-refractivity contribution is 6.00. The largest absolute Gasteiger partial charge is 0.461 e. The molecule has 0 saturated carbocycles. The van der Waals surface area contributed by atoms with Crippen LogP contribution in [0.3, 0.4) is 0 Å². The molecular weight excluding hydrogens is 374 g/mol. The van der Waals surface area contributed by atoms with E-state index in [-0.39, 0.29) is 30.8 Å². The number of aromatic amines is 1. The number of H-pyrrole nitrogens is 1. The first-order chi connectivity index (χ1) is 13.9. The van der Waals surface area contributed by atoms with Crippen molar-refractivity contribution in [1.29, 1.82) is 5.26 Å². The molecule has 1 aromatic heterocycles. The third kappa shape index (κ3) is 5.23. The predicted octanol–water partition coefficient (Wildman–Crippen LogP) is 2.91. The lowest BCUT2D eigenvalue weighted by Crippen LogP contribution is -2.35. The zero-order valence-corrected chi connectivity index (χ0v) is 16.7. The van der Waals surface area contributed by atoms with Crippen LogP contribution in [-0.2, 0) is 14.3 Å². The summed E-state index contributed by atoms with van der Waals surface area (Å²) < 4.78 is 10.2. The summed E-state index contributed by atoms with van der Waals surface area (Å²) in [7, 11) is 0. The van der Waals surface area contributed by atoms with Gasteiger partial charge in [-0.1, -0.05) is 18.2 Å². The summed E-state index contributed by atoms with van der Waals surface area (Å²) in [4.78, 5) is 41.4. The Kier molecular flexibility index (Phi) is 7.54. The fourth-order valence-electron chi connectivity index (χ4n) is 2.91. The summed E-state index contributed by atoms with van der Waals surface area (Å²) in [6, 6.07) is 10.8. The Morgan fingerprint density at radius 3 is 2.41 bits per heavy atom. The Morgan fingerprint density at radius 1 is 1.10 bits per heavy atom. The lowest BCUT2D eigenvalue weighted by atomic mass is 10.1. The normalized spacial score (nSPS) is 10.1. The maximum Gasteiger partial charge on any atom is 0.355 e. The fourth-order valence-corrected chi connectivity index (χ4v) is 2.91. The Hall–Kier alpha value is -3.60. The van der Waals surface area contributed by atoms with Crippen molar-refractivity contribution in [2.24, 2.45) is 0 Å². The number of esters is 2. The molecular formula is C21H23N3O5. The Morgan fingerprint density at radius 2 is 1.79 bits per heavy atom. The van der Waals surface area contributed by atoms with E-state index in [1.165, 1.54) is 4.90 Å². The highest BCUT2D eigenvalue weighted by Crippen LogP contribution is 2.20. The van der Waals surface area contributed by atoms with Crippen LogP contribution in [0.15, 0.2) is 30.3 Å². The van der Waals surface area contributed by atoms with Gasteiger partial charge in [-0.25, -0.2) is 9.59 Å². The second-order valence-electron chi connectivity index (χ2n) is 6.21. The van der Waals surface area contributed by atoms with Gasteiger partial charge in [0.1, 0.15) is 5.69 Å². The van der Waals surface area contributed by atoms with Crippen LogP contribution in [0.4, 0.5) is 5.69 Å². The summed E-state index contributed by atoms with van der Waals surface area (Å²) >= 11 is 0. The molecule has 1 heterocycles. The summed E-state index contributed by atoms with van der Waals surface area (Å²) in [5.74, 6) is -1.72. The number of carbonyl (C=O) groups excluding carboxylic acids is 3. The molecule has 2 aromatic rings. The number of amides is 1. The molecule has 1 aromatic carbocycles. The lowest BCUT2D eigenvalue weighted by Gasteiger charge is -2.21. The number of ether oxygens (including phenoxy) is 2. The Bertz CT molecular complexity index is 928. The molecule has 0 aliphatic heterocycles. The minimum atomic E-state index is -0.714. The van der Waals surface area contributed by atoms with Crippen molar-refractivity contribution in [3.63, 3.8) is 0 Å². The van der Waals surface area contributed by atoms with Crippen molar-refractivity contribution >= 4 is 23.5 Å². The van der Waals surface area contributed by atoms with Gasteiger partial charge in [0.2, 0.25) is 0 Å². The lowest BCUT2D eigenvalue weighted by molar-refractivity contribution is -0.121. The van der Waals surface area contributed by atoms with Gasteiger partial charge in [-0.3, -0.25) is 4.79 Å². The van der Waals surface area contributed by atoms with Gasteiger partial charge in [0.15, 0.2) is 6.61 Å². The van der Waals surface area contributed by atoms with Gasteiger partial charge in [-0.15, -0.1) is 0 Å². The second kappa shape index (κ2) is 10.1. The molecule has 8 heteroatoms. The number of nitrogens with one attached hydrogen (secondary N) is 1. The zero-order chi connectivity index (χ0) is 21.4. The van der Waals surface area contributed by atoms with E-state index in [0.717, 1.165) is 0 Å². The summed E-state index contributed by atoms with van der Waals surface area (Å²) in [5, 5.41) is 8.84. The van der Waals surface area contributed by atoms with Gasteiger partial charge in [0, 0.05) is 17.9 Å². The van der Waals surface area contributed by atoms with Crippen molar-refractivity contribution in [2.45, 2.75) is 27.2 Å². The van der Waals surface area contributed by atoms with Crippen LogP contribution >= 0.6 is 0 Å². The molecule has 0 atom stereocenters. The molecule has 29 heavy (non-hydrogen) atoms. The number of aromatic nitrogens is 1. The number of nitriles is 1. The third-order valence-electron chi connectivity index (χ3n) is 4.26. The van der Waals surface area contributed by atoms with Gasteiger partial charge >= 0.3 is 11.9 Å². The van der Waals surface area contributed by atoms with E-state index in [9.17, 15) is 14.4 Å². The van der Waals surface area contributed by atoms with E-state index in [2.05, 4.69) is 4.98 Å². The summed E-state index contributed by atoms with van der Waals surface area (Å²) in [6.07, 6.45) is 0.146. The number of carbonyl (C=O) groups is 3. The maximum atomic E-state index is 12.6. The SMILES string of the molecule is CCOC(=O)c1[nH]c(C)c(C(=O)OCC(=O)N(CCC#N)c2ccccc2)c1C. The molecule has 0 bridgehead atoms. The number of para-hydroxylation sites is 1. The average Bonchev–Trinajstić information content (AvgIpc) is 3.01. The van der Waals surface area contributed by atoms with E-state index < -0.39 is 24.5 Å². The number of nitrogens with zero attached hydrogens (tertiary/aromatic N) is 2. The first kappa shape index (κ1) is 21.7. The number of aryl methyl sites for hydroxylation is 1. The molecule has 1 N–H and O–H groups in total. The van der Waals surface area contributed by atoms with Crippen LogP contribution in [0.1, 0.15) is 45.4 Å². The van der Waals surface area contributed by atoms with E-state index in [4.69, 9.17) is 14.7 Å². The standard InChI is InChI=1S/C21H23N3O5/c1-4-28-21(27)19-14(2)18(15(3)23-19)20(26)29-13-17(25)24(12-8-11-22)16-9-6-5-7-10-16/h5-7,9-10,23H,4,8,12-13H2,1-3H3. The molecule has 0 aliphatic rings. The minimum absolute atomic E-state index is 0.146. The van der Waals surface area contributed by atoms with Crippen LogP contribution in [0.5, 0.6) is 0 Å². The van der Waals surface area contributed by atoms with E-state index >= 15 is 0 Å². The van der Waals surface area contributed by atoms with Crippen LogP contribution < -0.4 is 4.90 Å². The Labute approximate surface area is 169 Å². The van der Waals surface area contributed by atoms with Crippen molar-refractivity contribution in [1.82, 2.24) is 4.98 Å². The molecule has 0 fully saturated rings. The number of anilines is 1. The van der Waals surface area contributed by atoms with Crippen molar-refractivity contribution in [2.75, 3.05) is 24.7 Å². The average molecular weight is 397 g/mol.